The molecule has 0 amide bonds. The van der Waals surface area contributed by atoms with Crippen LogP contribution in [0.25, 0.3) is 0 Å². The summed E-state index contributed by atoms with van der Waals surface area (Å²) in [6.07, 6.45) is 7.78. The van der Waals surface area contributed by atoms with Crippen LogP contribution >= 0.6 is 0 Å². The average Bonchev–Trinajstić information content (AvgIpc) is 2.47. The van der Waals surface area contributed by atoms with Crippen LogP contribution in [0.2, 0.25) is 0 Å². The first-order valence-corrected chi connectivity index (χ1v) is 4.78. The number of hydrogen-bond donors (Lipinski definition) is 0. The summed E-state index contributed by atoms with van der Waals surface area (Å²) in [5.74, 6) is 0.801. The zero-order chi connectivity index (χ0) is 7.68. The van der Waals surface area contributed by atoms with Crippen LogP contribution in [-0.2, 0) is 0 Å². The smallest absolute Gasteiger partial charge is 0.0158 e. The second-order valence-electron chi connectivity index (χ2n) is 3.79. The summed E-state index contributed by atoms with van der Waals surface area (Å²) in [6, 6.07) is 0.862. The standard InChI is InChI=1S/C10H17N/c1-2-9-6-8-11-7-4-3-5-10(9)11/h2,9-10H,1,3-8H2/t9-,10+/m1/s1. The minimum Gasteiger partial charge on any atom is -0.300 e. The molecule has 2 saturated heterocycles. The third-order valence-electron chi connectivity index (χ3n) is 3.21. The highest BCUT2D eigenvalue weighted by molar-refractivity contribution is 4.97. The molecule has 0 spiro atoms. The highest BCUT2D eigenvalue weighted by Gasteiger charge is 2.33. The van der Waals surface area contributed by atoms with Gasteiger partial charge in [-0.15, -0.1) is 6.58 Å². The molecule has 0 bridgehead atoms. The maximum atomic E-state index is 3.91. The molecule has 2 aliphatic rings. The maximum Gasteiger partial charge on any atom is 0.0158 e. The molecule has 0 aromatic rings. The topological polar surface area (TPSA) is 3.24 Å². The molecular weight excluding hydrogens is 134 g/mol. The number of fused-ring (bicyclic) bond motifs is 1. The van der Waals surface area contributed by atoms with Gasteiger partial charge in [0.15, 0.2) is 0 Å². The van der Waals surface area contributed by atoms with E-state index in [-0.39, 0.29) is 0 Å². The van der Waals surface area contributed by atoms with Gasteiger partial charge in [0.05, 0.1) is 0 Å². The molecule has 0 unspecified atom stereocenters. The molecule has 1 heteroatoms. The van der Waals surface area contributed by atoms with Crippen LogP contribution in [0.4, 0.5) is 0 Å². The van der Waals surface area contributed by atoms with Crippen molar-refractivity contribution in [3.05, 3.63) is 12.7 Å². The Kier molecular flexibility index (Phi) is 1.99. The highest BCUT2D eigenvalue weighted by Crippen LogP contribution is 2.31. The summed E-state index contributed by atoms with van der Waals surface area (Å²) in [7, 11) is 0. The Balaban J connectivity index is 2.03. The fourth-order valence-corrected chi connectivity index (χ4v) is 2.56. The zero-order valence-corrected chi connectivity index (χ0v) is 7.13. The SMILES string of the molecule is C=C[C@@H]1CCN2CCCC[C@@H]12. The summed E-state index contributed by atoms with van der Waals surface area (Å²) in [6.45, 7) is 6.57. The maximum absolute atomic E-state index is 3.91. The number of nitrogens with zero attached hydrogens (tertiary/aromatic N) is 1. The highest BCUT2D eigenvalue weighted by atomic mass is 15.2. The Morgan fingerprint density at radius 2 is 2.09 bits per heavy atom. The lowest BCUT2D eigenvalue weighted by atomic mass is 9.93. The lowest BCUT2D eigenvalue weighted by molar-refractivity contribution is 0.183. The molecule has 0 aromatic carbocycles. The molecule has 2 fully saturated rings. The van der Waals surface area contributed by atoms with E-state index < -0.39 is 0 Å². The third kappa shape index (κ3) is 1.22. The predicted octanol–water partition coefficient (Wildman–Crippen LogP) is 2.05. The van der Waals surface area contributed by atoms with Gasteiger partial charge in [-0.25, -0.2) is 0 Å². The quantitative estimate of drug-likeness (QED) is 0.518. The van der Waals surface area contributed by atoms with E-state index in [0.717, 1.165) is 12.0 Å². The van der Waals surface area contributed by atoms with Gasteiger partial charge in [-0.05, 0) is 38.3 Å². The minimum atomic E-state index is 0.801. The van der Waals surface area contributed by atoms with Crippen LogP contribution in [-0.4, -0.2) is 24.0 Å². The summed E-state index contributed by atoms with van der Waals surface area (Å²) < 4.78 is 0. The molecule has 0 radical (unpaired) electrons. The molecule has 2 aliphatic heterocycles. The first kappa shape index (κ1) is 7.35. The van der Waals surface area contributed by atoms with Crippen molar-refractivity contribution in [2.75, 3.05) is 13.1 Å². The molecule has 0 aromatic heterocycles. The number of hydrogen-bond acceptors (Lipinski definition) is 1. The third-order valence-corrected chi connectivity index (χ3v) is 3.21. The van der Waals surface area contributed by atoms with E-state index in [4.69, 9.17) is 0 Å². The fraction of sp³-hybridized carbons (Fsp3) is 0.800. The molecule has 11 heavy (non-hydrogen) atoms. The summed E-state index contributed by atoms with van der Waals surface area (Å²) >= 11 is 0. The summed E-state index contributed by atoms with van der Waals surface area (Å²) in [4.78, 5) is 2.65. The fourth-order valence-electron chi connectivity index (χ4n) is 2.56. The van der Waals surface area contributed by atoms with E-state index >= 15 is 0 Å². The average molecular weight is 151 g/mol. The molecular formula is C10H17N. The van der Waals surface area contributed by atoms with Crippen LogP contribution < -0.4 is 0 Å². The van der Waals surface area contributed by atoms with Crippen molar-refractivity contribution in [2.24, 2.45) is 5.92 Å². The molecule has 0 N–H and O–H groups in total. The van der Waals surface area contributed by atoms with Gasteiger partial charge in [0.25, 0.3) is 0 Å². The van der Waals surface area contributed by atoms with E-state index in [1.807, 2.05) is 0 Å². The molecule has 2 atom stereocenters. The van der Waals surface area contributed by atoms with Gasteiger partial charge in [0, 0.05) is 6.04 Å². The van der Waals surface area contributed by atoms with E-state index in [9.17, 15) is 0 Å². The second-order valence-corrected chi connectivity index (χ2v) is 3.79. The van der Waals surface area contributed by atoms with Crippen molar-refractivity contribution in [3.8, 4) is 0 Å². The van der Waals surface area contributed by atoms with E-state index in [0.29, 0.717) is 0 Å². The van der Waals surface area contributed by atoms with Crippen molar-refractivity contribution >= 4 is 0 Å². The zero-order valence-electron chi connectivity index (χ0n) is 7.13. The molecule has 0 saturated carbocycles. The summed E-state index contributed by atoms with van der Waals surface area (Å²) in [5.41, 5.74) is 0. The van der Waals surface area contributed by atoms with Gasteiger partial charge in [-0.2, -0.15) is 0 Å². The van der Waals surface area contributed by atoms with Gasteiger partial charge in [0.1, 0.15) is 0 Å². The molecule has 62 valence electrons. The van der Waals surface area contributed by atoms with Gasteiger partial charge < -0.3 is 0 Å². The molecule has 2 heterocycles. The Hall–Kier alpha value is -0.300. The predicted molar refractivity (Wildman–Crippen MR) is 47.5 cm³/mol. The Labute approximate surface area is 69.1 Å². The number of rotatable bonds is 1. The number of piperidine rings is 1. The van der Waals surface area contributed by atoms with Gasteiger partial charge in [0.2, 0.25) is 0 Å². The minimum absolute atomic E-state index is 0.801. The van der Waals surface area contributed by atoms with Crippen LogP contribution in [0.1, 0.15) is 25.7 Å². The summed E-state index contributed by atoms with van der Waals surface area (Å²) in [5, 5.41) is 0. The molecule has 1 nitrogen and oxygen atoms in total. The van der Waals surface area contributed by atoms with Crippen molar-refractivity contribution in [3.63, 3.8) is 0 Å². The van der Waals surface area contributed by atoms with Gasteiger partial charge in [-0.1, -0.05) is 12.5 Å². The van der Waals surface area contributed by atoms with Crippen LogP contribution in [0, 0.1) is 5.92 Å². The van der Waals surface area contributed by atoms with Crippen molar-refractivity contribution in [2.45, 2.75) is 31.7 Å². The Morgan fingerprint density at radius 3 is 2.91 bits per heavy atom. The van der Waals surface area contributed by atoms with Crippen LogP contribution in [0.3, 0.4) is 0 Å². The van der Waals surface area contributed by atoms with Gasteiger partial charge >= 0.3 is 0 Å². The van der Waals surface area contributed by atoms with Crippen molar-refractivity contribution in [1.82, 2.24) is 4.90 Å². The van der Waals surface area contributed by atoms with E-state index in [1.165, 1.54) is 38.8 Å². The first-order chi connectivity index (χ1) is 5.42. The van der Waals surface area contributed by atoms with Crippen molar-refractivity contribution < 1.29 is 0 Å². The second kappa shape index (κ2) is 2.98. The lowest BCUT2D eigenvalue weighted by Gasteiger charge is -2.31. The first-order valence-electron chi connectivity index (χ1n) is 4.78. The molecule has 2 rings (SSSR count). The molecule has 0 aliphatic carbocycles. The van der Waals surface area contributed by atoms with E-state index in [2.05, 4.69) is 17.6 Å². The lowest BCUT2D eigenvalue weighted by Crippen LogP contribution is -2.36. The van der Waals surface area contributed by atoms with Crippen LogP contribution in [0.5, 0.6) is 0 Å². The largest absolute Gasteiger partial charge is 0.300 e. The normalized spacial score (nSPS) is 38.5. The monoisotopic (exact) mass is 151 g/mol. The van der Waals surface area contributed by atoms with E-state index in [1.54, 1.807) is 0 Å². The Bertz CT molecular complexity index is 153. The van der Waals surface area contributed by atoms with Crippen molar-refractivity contribution in [1.29, 1.82) is 0 Å². The van der Waals surface area contributed by atoms with Gasteiger partial charge in [-0.3, -0.25) is 4.90 Å². The Morgan fingerprint density at radius 1 is 1.18 bits per heavy atom. The van der Waals surface area contributed by atoms with Crippen LogP contribution in [0.15, 0.2) is 12.7 Å².